The van der Waals surface area contributed by atoms with Crippen molar-refractivity contribution in [2.45, 2.75) is 13.0 Å². The smallest absolute Gasteiger partial charge is 0.314 e. The highest BCUT2D eigenvalue weighted by atomic mass is 19.2. The lowest BCUT2D eigenvalue weighted by Gasteiger charge is -2.14. The maximum Gasteiger partial charge on any atom is 0.314 e. The normalized spacial score (nSPS) is 11.7. The van der Waals surface area contributed by atoms with Gasteiger partial charge in [0.05, 0.1) is 18.1 Å². The van der Waals surface area contributed by atoms with E-state index < -0.39 is 28.4 Å². The predicted octanol–water partition coefficient (Wildman–Crippen LogP) is 3.53. The number of ketones is 1. The van der Waals surface area contributed by atoms with Crippen molar-refractivity contribution in [2.75, 3.05) is 7.11 Å². The highest BCUT2D eigenvalue weighted by molar-refractivity contribution is 5.99. The molecule has 6 nitrogen and oxygen atoms in total. The number of nitro benzene ring substituents is 1. The standard InChI is InChI=1S/C16H13F2NO5/c1-9(16(20)10-3-5-12(17)13(18)7-10)24-15-6-4-11(23-2)8-14(15)19(21)22/h3-9H,1-2H3/t9-/m1/s1. The number of hydrogen-bond acceptors (Lipinski definition) is 5. The molecule has 126 valence electrons. The number of ether oxygens (including phenoxy) is 2. The Bertz CT molecular complexity index is 794. The Kier molecular flexibility index (Phi) is 5.08. The molecule has 0 aliphatic carbocycles. The molecule has 0 N–H and O–H groups in total. The van der Waals surface area contributed by atoms with Crippen LogP contribution >= 0.6 is 0 Å². The van der Waals surface area contributed by atoms with Crippen LogP contribution in [0, 0.1) is 21.7 Å². The topological polar surface area (TPSA) is 78.7 Å². The van der Waals surface area contributed by atoms with Gasteiger partial charge >= 0.3 is 5.69 Å². The highest BCUT2D eigenvalue weighted by Gasteiger charge is 2.23. The lowest BCUT2D eigenvalue weighted by Crippen LogP contribution is -2.24. The molecule has 2 aromatic carbocycles. The maximum atomic E-state index is 13.2. The molecule has 0 saturated carbocycles. The fraction of sp³-hybridized carbons (Fsp3) is 0.188. The van der Waals surface area contributed by atoms with Gasteiger partial charge in [-0.3, -0.25) is 14.9 Å². The first-order chi connectivity index (χ1) is 11.3. The van der Waals surface area contributed by atoms with Crippen LogP contribution in [0.2, 0.25) is 0 Å². The summed E-state index contributed by atoms with van der Waals surface area (Å²) in [6.07, 6.45) is -1.14. The van der Waals surface area contributed by atoms with E-state index >= 15 is 0 Å². The minimum absolute atomic E-state index is 0.0995. The molecule has 2 rings (SSSR count). The molecule has 0 radical (unpaired) electrons. The van der Waals surface area contributed by atoms with Crippen LogP contribution in [0.4, 0.5) is 14.5 Å². The van der Waals surface area contributed by atoms with Crippen molar-refractivity contribution in [3.63, 3.8) is 0 Å². The van der Waals surface area contributed by atoms with E-state index in [1.807, 2.05) is 0 Å². The van der Waals surface area contributed by atoms with Crippen molar-refractivity contribution < 1.29 is 28.0 Å². The van der Waals surface area contributed by atoms with Gasteiger partial charge in [0.15, 0.2) is 23.5 Å². The van der Waals surface area contributed by atoms with Crippen LogP contribution in [0.25, 0.3) is 0 Å². The van der Waals surface area contributed by atoms with Gasteiger partial charge in [-0.15, -0.1) is 0 Å². The predicted molar refractivity (Wildman–Crippen MR) is 80.4 cm³/mol. The van der Waals surface area contributed by atoms with Crippen molar-refractivity contribution in [1.29, 1.82) is 0 Å². The van der Waals surface area contributed by atoms with Crippen LogP contribution in [0.15, 0.2) is 36.4 Å². The highest BCUT2D eigenvalue weighted by Crippen LogP contribution is 2.32. The van der Waals surface area contributed by atoms with E-state index in [2.05, 4.69) is 0 Å². The van der Waals surface area contributed by atoms with Gasteiger partial charge in [-0.25, -0.2) is 8.78 Å². The van der Waals surface area contributed by atoms with Crippen molar-refractivity contribution in [1.82, 2.24) is 0 Å². The number of methoxy groups -OCH3 is 1. The van der Waals surface area contributed by atoms with Crippen LogP contribution in [-0.4, -0.2) is 23.9 Å². The fourth-order valence-electron chi connectivity index (χ4n) is 1.99. The minimum Gasteiger partial charge on any atom is -0.496 e. The lowest BCUT2D eigenvalue weighted by molar-refractivity contribution is -0.386. The monoisotopic (exact) mass is 337 g/mol. The molecule has 2 aromatic rings. The SMILES string of the molecule is COc1ccc(O[C@H](C)C(=O)c2ccc(F)c(F)c2)c([N+](=O)[O-])c1. The van der Waals surface area contributed by atoms with E-state index in [1.54, 1.807) is 0 Å². The van der Waals surface area contributed by atoms with Gasteiger partial charge < -0.3 is 9.47 Å². The largest absolute Gasteiger partial charge is 0.496 e. The van der Waals surface area contributed by atoms with E-state index in [9.17, 15) is 23.7 Å². The molecule has 0 fully saturated rings. The van der Waals surface area contributed by atoms with Gasteiger partial charge in [-0.2, -0.15) is 0 Å². The lowest BCUT2D eigenvalue weighted by atomic mass is 10.1. The van der Waals surface area contributed by atoms with Gasteiger partial charge in [-0.05, 0) is 37.3 Å². The Hall–Kier alpha value is -3.03. The zero-order chi connectivity index (χ0) is 17.9. The van der Waals surface area contributed by atoms with E-state index in [4.69, 9.17) is 9.47 Å². The number of hydrogen-bond donors (Lipinski definition) is 0. The number of carbonyl (C=O) groups is 1. The summed E-state index contributed by atoms with van der Waals surface area (Å²) in [4.78, 5) is 22.6. The molecular formula is C16H13F2NO5. The summed E-state index contributed by atoms with van der Waals surface area (Å²) in [6.45, 7) is 1.36. The molecule has 1 atom stereocenters. The van der Waals surface area contributed by atoms with E-state index in [0.29, 0.717) is 0 Å². The van der Waals surface area contributed by atoms with Crippen molar-refractivity contribution in [3.8, 4) is 11.5 Å². The molecule has 24 heavy (non-hydrogen) atoms. The molecule has 0 bridgehead atoms. The van der Waals surface area contributed by atoms with Gasteiger partial charge in [0, 0.05) is 5.56 Å². The summed E-state index contributed by atoms with van der Waals surface area (Å²) < 4.78 is 36.4. The third kappa shape index (κ3) is 3.65. The number of rotatable bonds is 6. The van der Waals surface area contributed by atoms with Crippen LogP contribution in [0.5, 0.6) is 11.5 Å². The average Bonchev–Trinajstić information content (AvgIpc) is 2.56. The third-order valence-electron chi connectivity index (χ3n) is 3.24. The van der Waals surface area contributed by atoms with Crippen molar-refractivity contribution in [2.24, 2.45) is 0 Å². The number of nitrogens with zero attached hydrogens (tertiary/aromatic N) is 1. The zero-order valence-corrected chi connectivity index (χ0v) is 12.8. The Morgan fingerprint density at radius 2 is 1.88 bits per heavy atom. The molecule has 0 amide bonds. The molecule has 0 aliphatic heterocycles. The van der Waals surface area contributed by atoms with Crippen molar-refractivity contribution >= 4 is 11.5 Å². The zero-order valence-electron chi connectivity index (χ0n) is 12.8. The summed E-state index contributed by atoms with van der Waals surface area (Å²) >= 11 is 0. The summed E-state index contributed by atoms with van der Waals surface area (Å²) in [5.41, 5.74) is -0.475. The molecule has 0 aromatic heterocycles. The molecule has 0 unspecified atom stereocenters. The molecular weight excluding hydrogens is 324 g/mol. The molecule has 0 spiro atoms. The number of Topliss-reactive ketones (excluding diaryl/α,β-unsaturated/α-hetero) is 1. The fourth-order valence-corrected chi connectivity index (χ4v) is 1.99. The Morgan fingerprint density at radius 1 is 1.17 bits per heavy atom. The van der Waals surface area contributed by atoms with Crippen LogP contribution in [0.1, 0.15) is 17.3 Å². The summed E-state index contributed by atoms with van der Waals surface area (Å²) in [6, 6.07) is 6.58. The van der Waals surface area contributed by atoms with Gasteiger partial charge in [0.1, 0.15) is 5.75 Å². The molecule has 0 aliphatic rings. The third-order valence-corrected chi connectivity index (χ3v) is 3.24. The first kappa shape index (κ1) is 17.3. The molecule has 8 heteroatoms. The second-order valence-corrected chi connectivity index (χ2v) is 4.84. The van der Waals surface area contributed by atoms with Crippen LogP contribution in [-0.2, 0) is 0 Å². The number of halogens is 2. The number of nitro groups is 1. The van der Waals surface area contributed by atoms with Gasteiger partial charge in [0.25, 0.3) is 0 Å². The number of carbonyl (C=O) groups excluding carboxylic acids is 1. The first-order valence-corrected chi connectivity index (χ1v) is 6.82. The second kappa shape index (κ2) is 7.03. The number of benzene rings is 2. The quantitative estimate of drug-likeness (QED) is 0.458. The summed E-state index contributed by atoms with van der Waals surface area (Å²) in [5, 5.41) is 11.1. The molecule has 0 saturated heterocycles. The first-order valence-electron chi connectivity index (χ1n) is 6.82. The molecule has 0 heterocycles. The summed E-state index contributed by atoms with van der Waals surface area (Å²) in [7, 11) is 1.36. The maximum absolute atomic E-state index is 13.2. The van der Waals surface area contributed by atoms with E-state index in [1.165, 1.54) is 26.2 Å². The van der Waals surface area contributed by atoms with Gasteiger partial charge in [0.2, 0.25) is 5.78 Å². The Labute approximate surface area is 135 Å². The van der Waals surface area contributed by atoms with Gasteiger partial charge in [-0.1, -0.05) is 0 Å². The average molecular weight is 337 g/mol. The minimum atomic E-state index is -1.16. The Balaban J connectivity index is 2.25. The second-order valence-electron chi connectivity index (χ2n) is 4.84. The summed E-state index contributed by atoms with van der Waals surface area (Å²) in [5.74, 6) is -2.76. The van der Waals surface area contributed by atoms with E-state index in [-0.39, 0.29) is 22.7 Å². The van der Waals surface area contributed by atoms with Crippen LogP contribution in [0.3, 0.4) is 0 Å². The van der Waals surface area contributed by atoms with E-state index in [0.717, 1.165) is 24.3 Å². The Morgan fingerprint density at radius 3 is 2.46 bits per heavy atom. The van der Waals surface area contributed by atoms with Crippen molar-refractivity contribution in [3.05, 3.63) is 63.7 Å². The van der Waals surface area contributed by atoms with Crippen LogP contribution < -0.4 is 9.47 Å².